The third kappa shape index (κ3) is 3.90. The molecule has 3 rings (SSSR count). The summed E-state index contributed by atoms with van der Waals surface area (Å²) in [5.74, 6) is 0.655. The lowest BCUT2D eigenvalue weighted by Gasteiger charge is -2.16. The number of carbonyl (C=O) groups is 1. The fourth-order valence-electron chi connectivity index (χ4n) is 2.88. The van der Waals surface area contributed by atoms with E-state index in [-0.39, 0.29) is 18.1 Å². The zero-order chi connectivity index (χ0) is 16.1. The highest BCUT2D eigenvalue weighted by Crippen LogP contribution is 2.24. The summed E-state index contributed by atoms with van der Waals surface area (Å²) in [6.45, 7) is 0.652. The first-order chi connectivity index (χ1) is 11.3. The lowest BCUT2D eigenvalue weighted by molar-refractivity contribution is -0.142. The molecule has 0 bridgehead atoms. The third-order valence-corrected chi connectivity index (χ3v) is 4.08. The average molecular weight is 311 g/mol. The van der Waals surface area contributed by atoms with Crippen molar-refractivity contribution in [3.05, 3.63) is 65.7 Å². The summed E-state index contributed by atoms with van der Waals surface area (Å²) < 4.78 is 10.9. The molecular formula is C19H21NO3. The molecule has 2 aromatic carbocycles. The molecule has 2 aromatic rings. The Balaban J connectivity index is 1.68. The maximum atomic E-state index is 11.6. The van der Waals surface area contributed by atoms with Gasteiger partial charge in [0.25, 0.3) is 0 Å². The number of hydrogen-bond acceptors (Lipinski definition) is 4. The minimum Gasteiger partial charge on any atom is -0.489 e. The highest BCUT2D eigenvalue weighted by atomic mass is 16.5. The quantitative estimate of drug-likeness (QED) is 0.862. The summed E-state index contributed by atoms with van der Waals surface area (Å²) in [7, 11) is 1.41. The van der Waals surface area contributed by atoms with Gasteiger partial charge in [0.2, 0.25) is 0 Å². The molecule has 1 N–H and O–H groups in total. The van der Waals surface area contributed by atoms with E-state index in [0.717, 1.165) is 17.7 Å². The van der Waals surface area contributed by atoms with Crippen molar-refractivity contribution in [2.75, 3.05) is 13.7 Å². The van der Waals surface area contributed by atoms with Crippen LogP contribution in [0.15, 0.2) is 54.6 Å². The van der Waals surface area contributed by atoms with Crippen LogP contribution in [0.1, 0.15) is 17.5 Å². The maximum Gasteiger partial charge on any atom is 0.323 e. The molecule has 120 valence electrons. The van der Waals surface area contributed by atoms with Gasteiger partial charge in [0, 0.05) is 19.4 Å². The van der Waals surface area contributed by atoms with Gasteiger partial charge in [-0.05, 0) is 17.2 Å². The largest absolute Gasteiger partial charge is 0.489 e. The van der Waals surface area contributed by atoms with E-state index in [2.05, 4.69) is 23.5 Å². The van der Waals surface area contributed by atoms with Gasteiger partial charge in [0.05, 0.1) is 7.11 Å². The summed E-state index contributed by atoms with van der Waals surface area (Å²) in [5, 5.41) is 3.15. The lowest BCUT2D eigenvalue weighted by Crippen LogP contribution is -2.31. The molecule has 23 heavy (non-hydrogen) atoms. The molecule has 2 atom stereocenters. The highest BCUT2D eigenvalue weighted by molar-refractivity contribution is 5.76. The fraction of sp³-hybridized carbons (Fsp3) is 0.316. The number of hydrogen-bond donors (Lipinski definition) is 1. The van der Waals surface area contributed by atoms with Gasteiger partial charge >= 0.3 is 5.97 Å². The molecule has 1 fully saturated rings. The van der Waals surface area contributed by atoms with E-state index >= 15 is 0 Å². The van der Waals surface area contributed by atoms with Crippen LogP contribution in [0.3, 0.4) is 0 Å². The van der Waals surface area contributed by atoms with Crippen LogP contribution in [0.5, 0.6) is 5.75 Å². The summed E-state index contributed by atoms with van der Waals surface area (Å²) in [5.41, 5.74) is 2.40. The number of esters is 1. The third-order valence-electron chi connectivity index (χ3n) is 4.08. The minimum atomic E-state index is -0.272. The van der Waals surface area contributed by atoms with Crippen LogP contribution < -0.4 is 10.1 Å². The van der Waals surface area contributed by atoms with Gasteiger partial charge in [-0.1, -0.05) is 48.5 Å². The Morgan fingerprint density at radius 1 is 1.13 bits per heavy atom. The number of benzene rings is 2. The molecule has 4 heteroatoms. The van der Waals surface area contributed by atoms with Gasteiger partial charge < -0.3 is 14.8 Å². The van der Waals surface area contributed by atoms with Crippen LogP contribution in [0.25, 0.3) is 0 Å². The second-order valence-electron chi connectivity index (χ2n) is 5.73. The van der Waals surface area contributed by atoms with Crippen molar-refractivity contribution in [2.45, 2.75) is 25.0 Å². The second kappa shape index (κ2) is 7.29. The zero-order valence-corrected chi connectivity index (χ0v) is 13.2. The van der Waals surface area contributed by atoms with Crippen molar-refractivity contribution in [1.29, 1.82) is 0 Å². The van der Waals surface area contributed by atoms with E-state index in [4.69, 9.17) is 9.47 Å². The van der Waals surface area contributed by atoms with E-state index in [0.29, 0.717) is 13.0 Å². The summed E-state index contributed by atoms with van der Waals surface area (Å²) in [4.78, 5) is 11.6. The Labute approximate surface area is 136 Å². The fourth-order valence-corrected chi connectivity index (χ4v) is 2.88. The normalized spacial score (nSPS) is 20.2. The van der Waals surface area contributed by atoms with Gasteiger partial charge in [-0.15, -0.1) is 0 Å². The Morgan fingerprint density at radius 2 is 1.87 bits per heavy atom. The van der Waals surface area contributed by atoms with E-state index in [1.54, 1.807) is 0 Å². The Bertz CT molecular complexity index is 657. The van der Waals surface area contributed by atoms with Crippen LogP contribution >= 0.6 is 0 Å². The smallest absolute Gasteiger partial charge is 0.323 e. The number of methoxy groups -OCH3 is 1. The molecule has 4 nitrogen and oxygen atoms in total. The number of carbonyl (C=O) groups excluding carboxylic acids is 1. The van der Waals surface area contributed by atoms with Crippen molar-refractivity contribution in [1.82, 2.24) is 5.32 Å². The monoisotopic (exact) mass is 311 g/mol. The molecule has 0 radical (unpaired) electrons. The van der Waals surface area contributed by atoms with E-state index in [9.17, 15) is 4.79 Å². The maximum absolute atomic E-state index is 11.6. The van der Waals surface area contributed by atoms with E-state index in [1.165, 1.54) is 12.7 Å². The highest BCUT2D eigenvalue weighted by Gasteiger charge is 2.31. The van der Waals surface area contributed by atoms with Crippen molar-refractivity contribution in [3.63, 3.8) is 0 Å². The van der Waals surface area contributed by atoms with E-state index < -0.39 is 0 Å². The van der Waals surface area contributed by atoms with Crippen LogP contribution in [0, 0.1) is 0 Å². The van der Waals surface area contributed by atoms with Crippen LogP contribution in [0.4, 0.5) is 0 Å². The molecule has 0 aromatic heterocycles. The Kier molecular flexibility index (Phi) is 4.93. The van der Waals surface area contributed by atoms with Crippen molar-refractivity contribution < 1.29 is 14.3 Å². The number of rotatable bonds is 5. The van der Waals surface area contributed by atoms with E-state index in [1.807, 2.05) is 36.4 Å². The molecule has 0 saturated carbocycles. The standard InChI is InChI=1S/C19H21NO3/c1-22-19(21)17-12-16(13-20-17)23-18-10-6-5-9-15(18)11-14-7-3-2-4-8-14/h2-10,16-17,20H,11-13H2,1H3/t16-,17-/m1/s1. The summed E-state index contributed by atoms with van der Waals surface area (Å²) in [6.07, 6.45) is 1.44. The molecule has 0 amide bonds. The minimum absolute atomic E-state index is 0.0176. The first kappa shape index (κ1) is 15.6. The van der Waals surface area contributed by atoms with Gasteiger partial charge in [0.15, 0.2) is 0 Å². The van der Waals surface area contributed by atoms with Crippen LogP contribution in [-0.2, 0) is 16.0 Å². The molecule has 0 spiro atoms. The zero-order valence-electron chi connectivity index (χ0n) is 13.2. The SMILES string of the molecule is COC(=O)[C@H]1C[C@@H](Oc2ccccc2Cc2ccccc2)CN1. The summed E-state index contributed by atoms with van der Waals surface area (Å²) in [6, 6.07) is 18.1. The first-order valence-corrected chi connectivity index (χ1v) is 7.86. The molecule has 0 unspecified atom stereocenters. The summed E-state index contributed by atoms with van der Waals surface area (Å²) >= 11 is 0. The lowest BCUT2D eigenvalue weighted by atomic mass is 10.0. The molecule has 1 aliphatic rings. The van der Waals surface area contributed by atoms with Crippen LogP contribution in [-0.4, -0.2) is 31.8 Å². The predicted molar refractivity (Wildman–Crippen MR) is 88.5 cm³/mol. The molecule has 1 aliphatic heterocycles. The number of ether oxygens (including phenoxy) is 2. The second-order valence-corrected chi connectivity index (χ2v) is 5.73. The molecule has 1 saturated heterocycles. The number of nitrogens with one attached hydrogen (secondary N) is 1. The average Bonchev–Trinajstić information content (AvgIpc) is 3.05. The Hall–Kier alpha value is -2.33. The van der Waals surface area contributed by atoms with Gasteiger partial charge in [0.1, 0.15) is 17.9 Å². The molecule has 1 heterocycles. The van der Waals surface area contributed by atoms with Crippen LogP contribution in [0.2, 0.25) is 0 Å². The van der Waals surface area contributed by atoms with Gasteiger partial charge in [-0.3, -0.25) is 4.79 Å². The van der Waals surface area contributed by atoms with Crippen molar-refractivity contribution in [2.24, 2.45) is 0 Å². The molecule has 0 aliphatic carbocycles. The Morgan fingerprint density at radius 3 is 2.65 bits per heavy atom. The molecular weight excluding hydrogens is 290 g/mol. The number of para-hydroxylation sites is 1. The van der Waals surface area contributed by atoms with Crippen molar-refractivity contribution >= 4 is 5.97 Å². The van der Waals surface area contributed by atoms with Gasteiger partial charge in [-0.2, -0.15) is 0 Å². The first-order valence-electron chi connectivity index (χ1n) is 7.86. The van der Waals surface area contributed by atoms with Gasteiger partial charge in [-0.25, -0.2) is 0 Å². The predicted octanol–water partition coefficient (Wildman–Crippen LogP) is 2.56. The van der Waals surface area contributed by atoms with Crippen molar-refractivity contribution in [3.8, 4) is 5.75 Å². The topological polar surface area (TPSA) is 47.6 Å².